The van der Waals surface area contributed by atoms with Crippen molar-refractivity contribution in [2.45, 2.75) is 38.1 Å². The van der Waals surface area contributed by atoms with Crippen LogP contribution in [0.4, 0.5) is 8.78 Å². The molecule has 2 rings (SSSR count). The van der Waals surface area contributed by atoms with E-state index in [1.165, 1.54) is 30.3 Å². The van der Waals surface area contributed by atoms with Gasteiger partial charge in [-0.2, -0.15) is 8.78 Å². The standard InChI is InChI=1S/C18H18F2O6/c1-11(21)24-10-15-14(25-12(2)22)8-9-16(26-15)18(19,20)17(23)13-6-4-3-5-7-13/h3-9,14-16H,10H2,1-2H3/t14-,15+,16?/m0/s1. The molecule has 1 aliphatic heterocycles. The molecule has 0 amide bonds. The number of carbonyl (C=O) groups excluding carboxylic acids is 3. The van der Waals surface area contributed by atoms with Crippen molar-refractivity contribution in [2.75, 3.05) is 6.61 Å². The second-order valence-corrected chi connectivity index (χ2v) is 5.67. The summed E-state index contributed by atoms with van der Waals surface area (Å²) in [6.45, 7) is 1.89. The Labute approximate surface area is 148 Å². The van der Waals surface area contributed by atoms with Crippen molar-refractivity contribution in [1.29, 1.82) is 0 Å². The van der Waals surface area contributed by atoms with E-state index in [0.717, 1.165) is 19.9 Å². The predicted octanol–water partition coefficient (Wildman–Crippen LogP) is 2.32. The normalized spacial score (nSPS) is 22.5. The third kappa shape index (κ3) is 4.72. The minimum atomic E-state index is -3.85. The fourth-order valence-electron chi connectivity index (χ4n) is 2.40. The molecule has 26 heavy (non-hydrogen) atoms. The first-order chi connectivity index (χ1) is 12.2. The Kier molecular flexibility index (Phi) is 6.20. The topological polar surface area (TPSA) is 78.9 Å². The summed E-state index contributed by atoms with van der Waals surface area (Å²) in [7, 11) is 0. The van der Waals surface area contributed by atoms with E-state index in [2.05, 4.69) is 0 Å². The third-order valence-electron chi connectivity index (χ3n) is 3.61. The van der Waals surface area contributed by atoms with Crippen LogP contribution in [0, 0.1) is 0 Å². The number of halogens is 2. The molecule has 0 saturated heterocycles. The highest BCUT2D eigenvalue weighted by Gasteiger charge is 2.50. The summed E-state index contributed by atoms with van der Waals surface area (Å²) in [5.41, 5.74) is -0.159. The Balaban J connectivity index is 2.21. The second-order valence-electron chi connectivity index (χ2n) is 5.67. The lowest BCUT2D eigenvalue weighted by atomic mass is 9.98. The lowest BCUT2D eigenvalue weighted by molar-refractivity contribution is -0.178. The zero-order chi connectivity index (χ0) is 19.3. The number of alkyl halides is 2. The van der Waals surface area contributed by atoms with Crippen LogP contribution in [0.2, 0.25) is 0 Å². The van der Waals surface area contributed by atoms with Crippen molar-refractivity contribution in [3.8, 4) is 0 Å². The van der Waals surface area contributed by atoms with E-state index < -0.39 is 48.6 Å². The van der Waals surface area contributed by atoms with Gasteiger partial charge in [0.25, 0.3) is 0 Å². The Morgan fingerprint density at radius 1 is 1.08 bits per heavy atom. The van der Waals surface area contributed by atoms with Gasteiger partial charge in [-0.25, -0.2) is 0 Å². The number of Topliss-reactive ketones (excluding diaryl/α,β-unsaturated/α-hetero) is 1. The average molecular weight is 368 g/mol. The van der Waals surface area contributed by atoms with Gasteiger partial charge in [-0.15, -0.1) is 0 Å². The van der Waals surface area contributed by atoms with Gasteiger partial charge in [-0.3, -0.25) is 14.4 Å². The van der Waals surface area contributed by atoms with E-state index in [-0.39, 0.29) is 5.56 Å². The summed E-state index contributed by atoms with van der Waals surface area (Å²) >= 11 is 0. The van der Waals surface area contributed by atoms with E-state index >= 15 is 0 Å². The number of rotatable bonds is 6. The number of benzene rings is 1. The number of ether oxygens (including phenoxy) is 3. The van der Waals surface area contributed by atoms with Gasteiger partial charge in [0.1, 0.15) is 24.9 Å². The Bertz CT molecular complexity index is 701. The summed E-state index contributed by atoms with van der Waals surface area (Å²) in [6.07, 6.45) is -1.88. The highest BCUT2D eigenvalue weighted by Crippen LogP contribution is 2.31. The second kappa shape index (κ2) is 8.18. The summed E-state index contributed by atoms with van der Waals surface area (Å²) in [5, 5.41) is 0. The van der Waals surface area contributed by atoms with Crippen LogP contribution in [0.25, 0.3) is 0 Å². The van der Waals surface area contributed by atoms with Crippen molar-refractivity contribution < 1.29 is 37.4 Å². The van der Waals surface area contributed by atoms with Gasteiger partial charge in [0, 0.05) is 19.4 Å². The number of esters is 2. The van der Waals surface area contributed by atoms with Gasteiger partial charge < -0.3 is 14.2 Å². The number of hydrogen-bond acceptors (Lipinski definition) is 6. The van der Waals surface area contributed by atoms with Gasteiger partial charge in [-0.1, -0.05) is 30.3 Å². The van der Waals surface area contributed by atoms with E-state index in [1.54, 1.807) is 6.07 Å². The van der Waals surface area contributed by atoms with Crippen LogP contribution in [-0.2, 0) is 23.8 Å². The van der Waals surface area contributed by atoms with E-state index in [1.807, 2.05) is 0 Å². The molecule has 3 atom stereocenters. The molecule has 0 N–H and O–H groups in total. The van der Waals surface area contributed by atoms with E-state index in [4.69, 9.17) is 14.2 Å². The van der Waals surface area contributed by atoms with Gasteiger partial charge in [0.15, 0.2) is 0 Å². The molecule has 0 spiro atoms. The van der Waals surface area contributed by atoms with Gasteiger partial charge in [-0.05, 0) is 12.2 Å². The van der Waals surface area contributed by atoms with Crippen LogP contribution in [0.15, 0.2) is 42.5 Å². The molecule has 1 aromatic carbocycles. The number of carbonyl (C=O) groups is 3. The Hall–Kier alpha value is -2.61. The molecule has 0 bridgehead atoms. The summed E-state index contributed by atoms with van der Waals surface area (Å²) in [4.78, 5) is 34.3. The van der Waals surface area contributed by atoms with Gasteiger partial charge in [0.2, 0.25) is 5.78 Å². The fourth-order valence-corrected chi connectivity index (χ4v) is 2.40. The SMILES string of the molecule is CC(=O)OC[C@H]1OC(C(F)(F)C(=O)c2ccccc2)C=C[C@@H]1OC(C)=O. The average Bonchev–Trinajstić information content (AvgIpc) is 2.60. The molecule has 1 aliphatic rings. The van der Waals surface area contributed by atoms with Crippen molar-refractivity contribution >= 4 is 17.7 Å². The van der Waals surface area contributed by atoms with E-state index in [0.29, 0.717) is 0 Å². The molecule has 6 nitrogen and oxygen atoms in total. The first-order valence-electron chi connectivity index (χ1n) is 7.84. The van der Waals surface area contributed by atoms with Gasteiger partial charge >= 0.3 is 17.9 Å². The zero-order valence-electron chi connectivity index (χ0n) is 14.2. The minimum Gasteiger partial charge on any atom is -0.463 e. The van der Waals surface area contributed by atoms with Crippen LogP contribution in [0.3, 0.4) is 0 Å². The third-order valence-corrected chi connectivity index (χ3v) is 3.61. The molecule has 1 unspecified atom stereocenters. The monoisotopic (exact) mass is 368 g/mol. The number of ketones is 1. The smallest absolute Gasteiger partial charge is 0.338 e. The maximum atomic E-state index is 14.6. The molecule has 1 heterocycles. The van der Waals surface area contributed by atoms with Crippen molar-refractivity contribution in [3.63, 3.8) is 0 Å². The van der Waals surface area contributed by atoms with Crippen LogP contribution in [0.5, 0.6) is 0 Å². The van der Waals surface area contributed by atoms with Crippen LogP contribution < -0.4 is 0 Å². The fraction of sp³-hybridized carbons (Fsp3) is 0.389. The highest BCUT2D eigenvalue weighted by atomic mass is 19.3. The largest absolute Gasteiger partial charge is 0.463 e. The predicted molar refractivity (Wildman–Crippen MR) is 85.7 cm³/mol. The Morgan fingerprint density at radius 3 is 2.31 bits per heavy atom. The molecule has 0 fully saturated rings. The van der Waals surface area contributed by atoms with Crippen molar-refractivity contribution in [1.82, 2.24) is 0 Å². The molecular formula is C18H18F2O6. The van der Waals surface area contributed by atoms with Gasteiger partial charge in [0.05, 0.1) is 0 Å². The molecule has 0 aliphatic carbocycles. The summed E-state index contributed by atoms with van der Waals surface area (Å²) < 4.78 is 44.2. The molecule has 140 valence electrons. The summed E-state index contributed by atoms with van der Waals surface area (Å²) in [5.74, 6) is -6.55. The lowest BCUT2D eigenvalue weighted by Gasteiger charge is -2.34. The van der Waals surface area contributed by atoms with Crippen LogP contribution in [0.1, 0.15) is 24.2 Å². The molecule has 1 aromatic rings. The minimum absolute atomic E-state index is 0.159. The molecular weight excluding hydrogens is 350 g/mol. The maximum Gasteiger partial charge on any atom is 0.338 e. The van der Waals surface area contributed by atoms with Crippen LogP contribution in [-0.4, -0.2) is 48.6 Å². The Morgan fingerprint density at radius 2 is 1.73 bits per heavy atom. The van der Waals surface area contributed by atoms with Crippen molar-refractivity contribution in [2.24, 2.45) is 0 Å². The maximum absolute atomic E-state index is 14.6. The lowest BCUT2D eigenvalue weighted by Crippen LogP contribution is -2.50. The molecule has 0 radical (unpaired) electrons. The quantitative estimate of drug-likeness (QED) is 0.436. The number of hydrogen-bond donors (Lipinski definition) is 0. The first-order valence-corrected chi connectivity index (χ1v) is 7.84. The van der Waals surface area contributed by atoms with Crippen molar-refractivity contribution in [3.05, 3.63) is 48.0 Å². The highest BCUT2D eigenvalue weighted by molar-refractivity contribution is 6.01. The molecule has 8 heteroatoms. The molecule has 0 saturated carbocycles. The molecule has 0 aromatic heterocycles. The zero-order valence-corrected chi connectivity index (χ0v) is 14.2. The first kappa shape index (κ1) is 19.7. The van der Waals surface area contributed by atoms with E-state index in [9.17, 15) is 23.2 Å². The summed E-state index contributed by atoms with van der Waals surface area (Å²) in [6, 6.07) is 7.11. The van der Waals surface area contributed by atoms with Crippen LogP contribution >= 0.6 is 0 Å².